The molecule has 0 saturated heterocycles. The van der Waals surface area contributed by atoms with Crippen molar-refractivity contribution in [3.63, 3.8) is 0 Å². The number of ether oxygens (including phenoxy) is 1. The van der Waals surface area contributed by atoms with Crippen LogP contribution in [0, 0.1) is 0 Å². The van der Waals surface area contributed by atoms with Gasteiger partial charge in [-0.1, -0.05) is 0 Å². The molecule has 0 aliphatic carbocycles. The average molecular weight is 763 g/mol. The van der Waals surface area contributed by atoms with E-state index < -0.39 is 4.25 Å². The van der Waals surface area contributed by atoms with E-state index in [1.165, 1.54) is 67.0 Å². The fraction of sp³-hybridized carbons (Fsp3) is 0.333. The number of nitrogens with one attached hydrogen (secondary N) is 2. The molecule has 1 atom stereocenters. The number of nitrogens with zero attached hydrogens (tertiary/aromatic N) is 2. The molecule has 1 unspecified atom stereocenters. The number of hydrogen-bond donors (Lipinski definition) is 3. The van der Waals surface area contributed by atoms with Gasteiger partial charge in [-0.2, -0.15) is 4.99 Å². The molecule has 0 spiro atoms. The Morgan fingerprint density at radius 1 is 0.681 bits per heavy atom. The first kappa shape index (κ1) is 34.9. The predicted molar refractivity (Wildman–Crippen MR) is 211 cm³/mol. The van der Waals surface area contributed by atoms with E-state index in [1.807, 2.05) is 42.9 Å². The summed E-state index contributed by atoms with van der Waals surface area (Å²) >= 11 is 2.91. The summed E-state index contributed by atoms with van der Waals surface area (Å²) < 4.78 is 5.34. The molecule has 47 heavy (non-hydrogen) atoms. The molecule has 1 aliphatic rings. The molecule has 1 heterocycles. The van der Waals surface area contributed by atoms with Gasteiger partial charge in [0.1, 0.15) is 0 Å². The molecule has 4 N–H and O–H groups in total. The van der Waals surface area contributed by atoms with Crippen molar-refractivity contribution in [2.45, 2.75) is 57.5 Å². The standard InChI is InChI=1S/C39H49IN5OP/c1-45(2)39-43-37(42-38(41)44-39)32-26-28-33(29-27-32)46-30-18-7-5-3-4-6-8-19-31-47(40,34-20-12-9-13-21-34,35-22-14-10-15-23-35)36-24-16-11-17-25-36/h9-17,20-29,37H,3-8,18-19,30-31H2,1-2H3,(H3,41,42,43,44)/p+1. The Morgan fingerprint density at radius 2 is 1.15 bits per heavy atom. The van der Waals surface area contributed by atoms with E-state index in [1.54, 1.807) is 0 Å². The second-order valence-electron chi connectivity index (χ2n) is 12.6. The maximum atomic E-state index is 6.04. The first-order valence-corrected chi connectivity index (χ1v) is 22.1. The zero-order chi connectivity index (χ0) is 33.0. The van der Waals surface area contributed by atoms with Gasteiger partial charge in [0.15, 0.2) is 6.17 Å². The van der Waals surface area contributed by atoms with Crippen molar-refractivity contribution < 1.29 is 9.31 Å². The average Bonchev–Trinajstić information content (AvgIpc) is 3.11. The van der Waals surface area contributed by atoms with Crippen molar-refractivity contribution in [3.8, 4) is 5.75 Å². The number of nitrogens with two attached hydrogens (primary N) is 1. The molecule has 8 heteroatoms. The zero-order valence-corrected chi connectivity index (χ0v) is 30.9. The van der Waals surface area contributed by atoms with Crippen LogP contribution >= 0.6 is 26.3 Å². The van der Waals surface area contributed by atoms with E-state index in [9.17, 15) is 0 Å². The van der Waals surface area contributed by atoms with Crippen LogP contribution in [0.2, 0.25) is 0 Å². The van der Waals surface area contributed by atoms with E-state index in [-0.39, 0.29) is 6.17 Å². The fourth-order valence-electron chi connectivity index (χ4n) is 6.45. The largest absolute Gasteiger partial charge is 0.251 e. The fourth-order valence-corrected chi connectivity index (χ4v) is 15.2. The van der Waals surface area contributed by atoms with Gasteiger partial charge in [0, 0.05) is 5.56 Å². The number of unbranched alkanes of at least 4 members (excludes halogenated alkanes) is 7. The Hall–Kier alpha value is -3.42. The number of hydrogen-bond acceptors (Lipinski definition) is 3. The van der Waals surface area contributed by atoms with Gasteiger partial charge < -0.3 is 5.73 Å². The van der Waals surface area contributed by atoms with Crippen LogP contribution in [0.3, 0.4) is 0 Å². The second kappa shape index (κ2) is 16.6. The summed E-state index contributed by atoms with van der Waals surface area (Å²) in [5.74, 6) is 2.13. The van der Waals surface area contributed by atoms with Gasteiger partial charge in [0.25, 0.3) is 5.96 Å². The molecule has 1 aliphatic heterocycles. The Morgan fingerprint density at radius 3 is 1.64 bits per heavy atom. The van der Waals surface area contributed by atoms with Crippen LogP contribution in [0.5, 0.6) is 5.75 Å². The van der Waals surface area contributed by atoms with Crippen LogP contribution in [0.4, 0.5) is 0 Å². The van der Waals surface area contributed by atoms with Gasteiger partial charge in [0.2, 0.25) is 0 Å². The number of guanidine groups is 2. The van der Waals surface area contributed by atoms with Gasteiger partial charge in [-0.3, -0.25) is 9.89 Å². The predicted octanol–water partition coefficient (Wildman–Crippen LogP) is 7.20. The molecule has 6 nitrogen and oxygen atoms in total. The molecular formula is C39H50IN5OP+. The van der Waals surface area contributed by atoms with Gasteiger partial charge in [-0.05, 0) is 24.3 Å². The molecule has 0 fully saturated rings. The van der Waals surface area contributed by atoms with Crippen molar-refractivity contribution in [2.24, 2.45) is 10.7 Å². The Bertz CT molecular complexity index is 1510. The van der Waals surface area contributed by atoms with Crippen LogP contribution in [-0.4, -0.2) is 43.4 Å². The zero-order valence-electron chi connectivity index (χ0n) is 27.8. The summed E-state index contributed by atoms with van der Waals surface area (Å²) in [6.45, 7) is 0.746. The molecular weight excluding hydrogens is 712 g/mol. The van der Waals surface area contributed by atoms with Crippen molar-refractivity contribution in [2.75, 3.05) is 26.9 Å². The Labute approximate surface area is 294 Å². The molecule has 4 aromatic rings. The van der Waals surface area contributed by atoms with Crippen molar-refractivity contribution in [3.05, 3.63) is 121 Å². The van der Waals surface area contributed by atoms with Crippen LogP contribution in [-0.2, 0) is 0 Å². The van der Waals surface area contributed by atoms with Crippen LogP contribution < -0.4 is 37.0 Å². The third-order valence-electron chi connectivity index (χ3n) is 9.06. The minimum Gasteiger partial charge on any atom is -0.251 e. The molecule has 0 bridgehead atoms. The van der Waals surface area contributed by atoms with E-state index in [0.717, 1.165) is 30.3 Å². The topological polar surface area (TPSA) is 74.7 Å². The van der Waals surface area contributed by atoms with E-state index >= 15 is 0 Å². The van der Waals surface area contributed by atoms with Crippen molar-refractivity contribution >= 4 is 54.1 Å². The first-order valence-electron chi connectivity index (χ1n) is 16.9. The number of rotatable bonds is 16. The Kier molecular flexibility index (Phi) is 12.3. The smallest absolute Gasteiger partial charge is 0.0195 e. The van der Waals surface area contributed by atoms with Gasteiger partial charge in [-0.25, -0.2) is 5.32 Å². The molecule has 0 radical (unpaired) electrons. The molecule has 0 amide bonds. The Balaban J connectivity index is 1.04. The monoisotopic (exact) mass is 762 g/mol. The van der Waals surface area contributed by atoms with E-state index in [2.05, 4.69) is 129 Å². The summed E-state index contributed by atoms with van der Waals surface area (Å²) in [7, 11) is 3.92. The van der Waals surface area contributed by atoms with E-state index in [4.69, 9.17) is 10.5 Å². The third kappa shape index (κ3) is 8.55. The maximum absolute atomic E-state index is 6.04. The van der Waals surface area contributed by atoms with Crippen LogP contribution in [0.15, 0.2) is 120 Å². The molecule has 0 saturated carbocycles. The van der Waals surface area contributed by atoms with Gasteiger partial charge in [-0.15, -0.1) is 0 Å². The van der Waals surface area contributed by atoms with Crippen LogP contribution in [0.25, 0.3) is 0 Å². The van der Waals surface area contributed by atoms with Gasteiger partial charge in [0.05, 0.1) is 14.1 Å². The summed E-state index contributed by atoms with van der Waals surface area (Å²) in [6, 6.07) is 42.0. The normalized spacial score (nSPS) is 15.5. The second-order valence-corrected chi connectivity index (χ2v) is 23.3. The number of aliphatic imine (C=N–C) groups is 1. The third-order valence-corrected chi connectivity index (χ3v) is 20.8. The van der Waals surface area contributed by atoms with Gasteiger partial charge >= 0.3 is 214 Å². The first-order chi connectivity index (χ1) is 22.9. The summed E-state index contributed by atoms with van der Waals surface area (Å²) in [4.78, 5) is 4.48. The SMILES string of the molecule is C[N+](C)=C1NC(N)=NC(c2ccc(OCCCCCCCCCCP(I)(c3ccccc3)(c3ccccc3)c3ccccc3)cc2)N1. The molecule has 4 aromatic carbocycles. The summed E-state index contributed by atoms with van der Waals surface area (Å²) in [6.07, 6.45) is 10.9. The van der Waals surface area contributed by atoms with Crippen molar-refractivity contribution in [1.82, 2.24) is 10.6 Å². The number of halogens is 1. The maximum Gasteiger partial charge on any atom is -0.0195 e. The molecule has 0 aromatic heterocycles. The summed E-state index contributed by atoms with van der Waals surface area (Å²) in [5, 5.41) is 10.8. The quantitative estimate of drug-likeness (QED) is 0.0489. The minimum absolute atomic E-state index is 0.216. The molecule has 248 valence electrons. The molecule has 5 rings (SSSR count). The van der Waals surface area contributed by atoms with E-state index in [0.29, 0.717) is 5.96 Å². The minimum atomic E-state index is -2.64. The van der Waals surface area contributed by atoms with Crippen LogP contribution in [0.1, 0.15) is 63.1 Å². The van der Waals surface area contributed by atoms with Crippen molar-refractivity contribution in [1.29, 1.82) is 0 Å². The summed E-state index contributed by atoms with van der Waals surface area (Å²) in [5.41, 5.74) is 7.02. The number of benzene rings is 4.